The lowest BCUT2D eigenvalue weighted by Gasteiger charge is -2.42. The number of amides is 2. The van der Waals surface area contributed by atoms with E-state index in [0.717, 1.165) is 77.5 Å². The van der Waals surface area contributed by atoms with Gasteiger partial charge in [0.15, 0.2) is 0 Å². The maximum absolute atomic E-state index is 13.9. The lowest BCUT2D eigenvalue weighted by atomic mass is 9.92. The molecule has 1 unspecified atom stereocenters. The zero-order valence-corrected chi connectivity index (χ0v) is 21.7. The number of rotatable bonds is 4. The summed E-state index contributed by atoms with van der Waals surface area (Å²) in [6.07, 6.45) is 3.32. The van der Waals surface area contributed by atoms with Gasteiger partial charge in [0, 0.05) is 37.4 Å². The number of piperidine rings is 2. The number of nitrogens with zero attached hydrogens (tertiary/aromatic N) is 2. The van der Waals surface area contributed by atoms with Crippen molar-refractivity contribution in [1.29, 1.82) is 0 Å². The summed E-state index contributed by atoms with van der Waals surface area (Å²) in [6.45, 7) is 2.84. The van der Waals surface area contributed by atoms with E-state index in [4.69, 9.17) is 0 Å². The molecule has 0 spiro atoms. The minimum Gasteiger partial charge on any atom is -0.338 e. The maximum Gasteiger partial charge on any atom is 0.255 e. The van der Waals surface area contributed by atoms with E-state index in [1.807, 2.05) is 41.3 Å². The highest BCUT2D eigenvalue weighted by Crippen LogP contribution is 2.31. The van der Waals surface area contributed by atoms with Gasteiger partial charge >= 0.3 is 0 Å². The molecule has 7 heteroatoms. The van der Waals surface area contributed by atoms with E-state index in [1.165, 1.54) is 0 Å². The summed E-state index contributed by atoms with van der Waals surface area (Å²) in [5, 5.41) is 6.77. The van der Waals surface area contributed by atoms with Gasteiger partial charge in [-0.05, 0) is 72.0 Å². The second kappa shape index (κ2) is 10.7. The third-order valence-corrected chi connectivity index (χ3v) is 8.21. The van der Waals surface area contributed by atoms with Crippen molar-refractivity contribution >= 4 is 39.0 Å². The first-order chi connectivity index (χ1) is 19.0. The number of nitrogens with one attached hydrogen (secondary N) is 1. The van der Waals surface area contributed by atoms with Crippen LogP contribution in [0.4, 0.5) is 14.5 Å². The van der Waals surface area contributed by atoms with Crippen LogP contribution in [-0.4, -0.2) is 53.8 Å². The van der Waals surface area contributed by atoms with Crippen molar-refractivity contribution in [2.45, 2.75) is 31.7 Å². The quantitative estimate of drug-likeness (QED) is 0.320. The zero-order valence-electron chi connectivity index (χ0n) is 21.7. The van der Waals surface area contributed by atoms with Crippen LogP contribution in [0.1, 0.15) is 36.0 Å². The number of halogens is 2. The number of fused-ring (bicyclic) bond motifs is 2. The van der Waals surface area contributed by atoms with E-state index in [9.17, 15) is 18.4 Å². The minimum absolute atomic E-state index is 0.0691. The van der Waals surface area contributed by atoms with Crippen molar-refractivity contribution in [2.75, 3.05) is 31.5 Å². The Labute approximate surface area is 226 Å². The first kappa shape index (κ1) is 25.4. The maximum atomic E-state index is 13.9. The van der Waals surface area contributed by atoms with Crippen molar-refractivity contribution in [3.05, 3.63) is 90.0 Å². The fourth-order valence-corrected chi connectivity index (χ4v) is 6.26. The molecule has 0 aliphatic carbocycles. The van der Waals surface area contributed by atoms with Gasteiger partial charge in [-0.1, -0.05) is 48.5 Å². The van der Waals surface area contributed by atoms with Gasteiger partial charge in [0.2, 0.25) is 5.91 Å². The van der Waals surface area contributed by atoms with Crippen LogP contribution in [0.3, 0.4) is 0 Å². The highest BCUT2D eigenvalue weighted by molar-refractivity contribution is 6.18. The monoisotopic (exact) mass is 527 g/mol. The number of anilines is 1. The summed E-state index contributed by atoms with van der Waals surface area (Å²) in [4.78, 5) is 31.1. The number of carbonyl (C=O) groups excluding carboxylic acids is 2. The Bertz CT molecular complexity index is 1470. The molecular weight excluding hydrogens is 496 g/mol. The van der Waals surface area contributed by atoms with Crippen LogP contribution in [0.15, 0.2) is 72.8 Å². The molecule has 1 N–H and O–H groups in total. The molecule has 0 aromatic heterocycles. The van der Waals surface area contributed by atoms with Crippen LogP contribution in [-0.2, 0) is 4.79 Å². The SMILES string of the molecule is O=C(Nc1cc(F)cc(F)c1)C1CCCN(C2CCN(C(=O)c3c4ccccc4cc4ccccc34)CC2)C1. The molecule has 4 aromatic rings. The average Bonchev–Trinajstić information content (AvgIpc) is 2.95. The summed E-state index contributed by atoms with van der Waals surface area (Å²) in [7, 11) is 0. The highest BCUT2D eigenvalue weighted by atomic mass is 19.1. The number of hydrogen-bond acceptors (Lipinski definition) is 3. The molecule has 2 fully saturated rings. The van der Waals surface area contributed by atoms with Crippen molar-refractivity contribution in [3.63, 3.8) is 0 Å². The number of benzene rings is 4. The normalized spacial score (nSPS) is 18.9. The molecule has 0 bridgehead atoms. The van der Waals surface area contributed by atoms with Gasteiger partial charge in [-0.15, -0.1) is 0 Å². The van der Waals surface area contributed by atoms with E-state index in [-0.39, 0.29) is 23.4 Å². The lowest BCUT2D eigenvalue weighted by molar-refractivity contribution is -0.122. The van der Waals surface area contributed by atoms with Gasteiger partial charge in [-0.2, -0.15) is 0 Å². The molecule has 2 aliphatic heterocycles. The van der Waals surface area contributed by atoms with Gasteiger partial charge in [-0.25, -0.2) is 8.78 Å². The molecule has 2 aliphatic rings. The minimum atomic E-state index is -0.714. The Morgan fingerprint density at radius 2 is 1.38 bits per heavy atom. The fourth-order valence-electron chi connectivity index (χ4n) is 6.26. The zero-order chi connectivity index (χ0) is 26.9. The fraction of sp³-hybridized carbons (Fsp3) is 0.312. The van der Waals surface area contributed by atoms with Crippen LogP contribution in [0.5, 0.6) is 0 Å². The molecule has 2 saturated heterocycles. The average molecular weight is 528 g/mol. The topological polar surface area (TPSA) is 52.7 Å². The first-order valence-corrected chi connectivity index (χ1v) is 13.7. The molecule has 5 nitrogen and oxygen atoms in total. The third-order valence-electron chi connectivity index (χ3n) is 8.21. The largest absolute Gasteiger partial charge is 0.338 e. The number of carbonyl (C=O) groups is 2. The van der Waals surface area contributed by atoms with Gasteiger partial charge < -0.3 is 10.2 Å². The molecule has 1 atom stereocenters. The van der Waals surface area contributed by atoms with Gasteiger partial charge in [0.05, 0.1) is 11.5 Å². The van der Waals surface area contributed by atoms with Crippen LogP contribution in [0, 0.1) is 17.6 Å². The number of hydrogen-bond donors (Lipinski definition) is 1. The molecule has 6 rings (SSSR count). The number of likely N-dealkylation sites (tertiary alicyclic amines) is 2. The van der Waals surface area contributed by atoms with E-state index in [2.05, 4.69) is 28.4 Å². The summed E-state index contributed by atoms with van der Waals surface area (Å²) in [5.41, 5.74) is 0.910. The lowest BCUT2D eigenvalue weighted by Crippen LogP contribution is -2.51. The van der Waals surface area contributed by atoms with Gasteiger partial charge in [0.1, 0.15) is 11.6 Å². The van der Waals surface area contributed by atoms with Gasteiger partial charge in [0.25, 0.3) is 5.91 Å². The summed E-state index contributed by atoms with van der Waals surface area (Å²) < 4.78 is 27.1. The van der Waals surface area contributed by atoms with Crippen LogP contribution >= 0.6 is 0 Å². The summed E-state index contributed by atoms with van der Waals surface area (Å²) in [5.74, 6) is -1.81. The predicted molar refractivity (Wildman–Crippen MR) is 150 cm³/mol. The molecule has 2 heterocycles. The Morgan fingerprint density at radius 3 is 2.03 bits per heavy atom. The Kier molecular flexibility index (Phi) is 7.00. The van der Waals surface area contributed by atoms with E-state index in [1.54, 1.807) is 0 Å². The van der Waals surface area contributed by atoms with E-state index in [0.29, 0.717) is 25.7 Å². The Hall–Kier alpha value is -3.84. The summed E-state index contributed by atoms with van der Waals surface area (Å²) in [6, 6.07) is 21.6. The predicted octanol–water partition coefficient (Wildman–Crippen LogP) is 6.23. The Balaban J connectivity index is 1.12. The Morgan fingerprint density at radius 1 is 0.769 bits per heavy atom. The first-order valence-electron chi connectivity index (χ1n) is 13.7. The molecule has 0 saturated carbocycles. The molecule has 39 heavy (non-hydrogen) atoms. The molecule has 200 valence electrons. The van der Waals surface area contributed by atoms with Crippen molar-refractivity contribution < 1.29 is 18.4 Å². The smallest absolute Gasteiger partial charge is 0.255 e. The van der Waals surface area contributed by atoms with Crippen LogP contribution in [0.25, 0.3) is 21.5 Å². The molecule has 0 radical (unpaired) electrons. The summed E-state index contributed by atoms with van der Waals surface area (Å²) >= 11 is 0. The van der Waals surface area contributed by atoms with Crippen LogP contribution in [0.2, 0.25) is 0 Å². The standard InChI is InChI=1S/C32H31F2N3O2/c33-24-17-25(34)19-26(18-24)35-31(38)23-8-5-13-37(20-23)27-11-14-36(15-12-27)32(39)30-28-9-3-1-6-21(28)16-22-7-2-4-10-29(22)30/h1-4,6-7,9-10,16-19,23,27H,5,8,11-15,20H2,(H,35,38). The van der Waals surface area contributed by atoms with Crippen molar-refractivity contribution in [1.82, 2.24) is 9.80 Å². The van der Waals surface area contributed by atoms with Crippen LogP contribution < -0.4 is 5.32 Å². The third kappa shape index (κ3) is 5.23. The van der Waals surface area contributed by atoms with E-state index >= 15 is 0 Å². The van der Waals surface area contributed by atoms with Gasteiger partial charge in [-0.3, -0.25) is 14.5 Å². The second-order valence-electron chi connectivity index (χ2n) is 10.7. The van der Waals surface area contributed by atoms with Crippen molar-refractivity contribution in [3.8, 4) is 0 Å². The highest BCUT2D eigenvalue weighted by Gasteiger charge is 2.33. The van der Waals surface area contributed by atoms with Crippen molar-refractivity contribution in [2.24, 2.45) is 5.92 Å². The molecular formula is C32H31F2N3O2. The van der Waals surface area contributed by atoms with E-state index < -0.39 is 11.6 Å². The molecule has 4 aromatic carbocycles. The second-order valence-corrected chi connectivity index (χ2v) is 10.7. The molecule has 2 amide bonds.